The van der Waals surface area contributed by atoms with E-state index in [0.717, 1.165) is 175 Å². The molecule has 0 radical (unpaired) electrons. The SMILES string of the molecule is C[C@@H](NC(=O)c1nn(-c2ccc(S(N)(=O)=O)cc2)c2c1CCCC/C2=C\c1ccc(Cl)cc1)c1ccccc1.O=C(NN1CCCCC1)c1nn(-c2ccncc2)c2c1CCCC/C2=C\c1ccc(Cl)cc1.O=C(NN1CCOCC1)c1nn(-c2ccncc2)c2c1CCCC/C2=C\c1ccc(Cl)cc1. The van der Waals surface area contributed by atoms with E-state index in [2.05, 4.69) is 44.4 Å². The standard InChI is InChI=1S/C30H29ClN4O3S.C26H28ClN5O.C25H26ClN5O2/c1-20(22-7-3-2-4-8-22)33-30(36)28-27-10-6-5-9-23(19-21-11-13-24(31)14-12-21)29(27)35(34-28)25-15-17-26(18-16-25)39(32,37)38;27-21-10-8-19(9-11-21)18-20-6-2-3-7-23-24(26(33)30-31-16-4-1-5-17-31)29-32(25(20)23)22-12-14-28-15-13-22;26-20-7-5-18(6-8-20)17-19-3-1-2-4-22-23(25(32)29-30-13-15-33-16-14-30)28-31(24(19)22)21-9-11-27-12-10-21/h2-4,7-8,11-20H,5-6,9-10H2,1H3,(H,33,36)(H2,32,37,38);8-15,18H,1-7,16-17H2,(H,30,33);5-12,17H,1-4,13-16H2,(H,29,32)/b23-19+;20-18+;19-17+/t20-;;/m1../s1. The van der Waals surface area contributed by atoms with Gasteiger partial charge in [0.15, 0.2) is 17.1 Å². The third-order valence-corrected chi connectivity index (χ3v) is 21.0. The molecule has 5 aromatic heterocycles. The van der Waals surface area contributed by atoms with E-state index in [1.165, 1.54) is 29.7 Å². The predicted octanol–water partition coefficient (Wildman–Crippen LogP) is 15.4. The molecule has 24 heteroatoms. The summed E-state index contributed by atoms with van der Waals surface area (Å²) < 4.78 is 34.6. The lowest BCUT2D eigenvalue weighted by atomic mass is 10.0. The second-order valence-corrected chi connectivity index (χ2v) is 29.5. The number of allylic oxidation sites excluding steroid dienone is 3. The van der Waals surface area contributed by atoms with Gasteiger partial charge in [0.25, 0.3) is 17.7 Å². The van der Waals surface area contributed by atoms with Crippen LogP contribution in [0.3, 0.4) is 0 Å². The van der Waals surface area contributed by atoms with Gasteiger partial charge in [0.1, 0.15) is 0 Å². The lowest BCUT2D eigenvalue weighted by molar-refractivity contribution is 0.0124. The summed E-state index contributed by atoms with van der Waals surface area (Å²) in [6.45, 7) is 6.28. The molecule has 1 atom stereocenters. The number of amides is 3. The van der Waals surface area contributed by atoms with E-state index >= 15 is 0 Å². The highest BCUT2D eigenvalue weighted by molar-refractivity contribution is 7.89. The number of aromatic nitrogens is 8. The third-order valence-electron chi connectivity index (χ3n) is 19.3. The molecule has 5 N–H and O–H groups in total. The Balaban J connectivity index is 0.000000140. The summed E-state index contributed by atoms with van der Waals surface area (Å²) in [5.41, 5.74) is 23.3. The van der Waals surface area contributed by atoms with Gasteiger partial charge in [0.2, 0.25) is 10.0 Å². The number of piperidine rings is 1. The quantitative estimate of drug-likeness (QED) is 0.0741. The molecule has 105 heavy (non-hydrogen) atoms. The first-order chi connectivity index (χ1) is 51.1. The first-order valence-corrected chi connectivity index (χ1v) is 38.5. The molecule has 3 aliphatic carbocycles. The normalized spacial score (nSPS) is 17.1. The monoisotopic (exact) mass is 1480 g/mol. The Labute approximate surface area is 627 Å². The van der Waals surface area contributed by atoms with Crippen LogP contribution >= 0.6 is 34.8 Å². The molecule has 0 unspecified atom stereocenters. The van der Waals surface area contributed by atoms with Crippen LogP contribution in [0, 0.1) is 0 Å². The molecule has 7 heterocycles. The zero-order chi connectivity index (χ0) is 72.8. The first kappa shape index (κ1) is 73.6. The van der Waals surface area contributed by atoms with Crippen molar-refractivity contribution in [2.45, 2.75) is 114 Å². The third kappa shape index (κ3) is 18.3. The lowest BCUT2D eigenvalue weighted by Gasteiger charge is -2.26. The number of nitrogens with one attached hydrogen (secondary N) is 3. The summed E-state index contributed by atoms with van der Waals surface area (Å²) in [6.07, 6.45) is 27.9. The number of sulfonamides is 1. The number of ether oxygens (including phenoxy) is 1. The number of carbonyl (C=O) groups excluding carboxylic acids is 3. The second kappa shape index (κ2) is 34.5. The maximum absolute atomic E-state index is 13.6. The smallest absolute Gasteiger partial charge is 0.286 e. The number of halogens is 3. The summed E-state index contributed by atoms with van der Waals surface area (Å²) in [4.78, 5) is 48.6. The summed E-state index contributed by atoms with van der Waals surface area (Å²) in [5.74, 6) is -0.544. The molecule has 0 spiro atoms. The van der Waals surface area contributed by atoms with Crippen molar-refractivity contribution in [2.24, 2.45) is 5.14 Å². The number of pyridine rings is 2. The van der Waals surface area contributed by atoms with Crippen molar-refractivity contribution in [3.05, 3.63) is 265 Å². The fourth-order valence-corrected chi connectivity index (χ4v) is 14.9. The molecular weight excluding hydrogens is 1400 g/mol. The maximum Gasteiger partial charge on any atom is 0.286 e. The fourth-order valence-electron chi connectivity index (χ4n) is 14.0. The number of hydrogen-bond donors (Lipinski definition) is 4. The molecule has 2 fully saturated rings. The van der Waals surface area contributed by atoms with Gasteiger partial charge in [-0.2, -0.15) is 15.3 Å². The fraction of sp³-hybridized carbons (Fsp3) is 0.284. The highest BCUT2D eigenvalue weighted by Gasteiger charge is 2.33. The summed E-state index contributed by atoms with van der Waals surface area (Å²) in [7, 11) is -3.84. The van der Waals surface area contributed by atoms with Crippen LogP contribution in [0.4, 0.5) is 0 Å². The Kier molecular flexibility index (Phi) is 24.2. The lowest BCUT2D eigenvalue weighted by Crippen LogP contribution is -2.48. The highest BCUT2D eigenvalue weighted by Crippen LogP contribution is 2.39. The van der Waals surface area contributed by atoms with Crippen LogP contribution < -0.4 is 21.3 Å². The van der Waals surface area contributed by atoms with E-state index in [0.29, 0.717) is 65.5 Å². The van der Waals surface area contributed by atoms with E-state index in [1.54, 1.807) is 41.6 Å². The zero-order valence-electron chi connectivity index (χ0n) is 58.4. The molecule has 2 saturated heterocycles. The van der Waals surface area contributed by atoms with Crippen LogP contribution in [0.2, 0.25) is 15.1 Å². The average Bonchev–Trinajstić information content (AvgIpc) is 1.63. The van der Waals surface area contributed by atoms with Gasteiger partial charge < -0.3 is 10.1 Å². The minimum atomic E-state index is -3.84. The van der Waals surface area contributed by atoms with Crippen LogP contribution in [-0.4, -0.2) is 115 Å². The minimum absolute atomic E-state index is 0.0103. The number of rotatable bonds is 14. The molecule has 2 aliphatic heterocycles. The zero-order valence-corrected chi connectivity index (χ0v) is 61.5. The molecular formula is C81H83Cl3N14O6S. The predicted molar refractivity (Wildman–Crippen MR) is 413 cm³/mol. The van der Waals surface area contributed by atoms with Gasteiger partial charge in [-0.15, -0.1) is 0 Å². The number of primary sulfonamides is 1. The van der Waals surface area contributed by atoms with Crippen LogP contribution in [0.15, 0.2) is 181 Å². The number of fused-ring (bicyclic) bond motifs is 3. The van der Waals surface area contributed by atoms with E-state index in [1.807, 2.05) is 154 Å². The molecule has 5 aromatic carbocycles. The van der Waals surface area contributed by atoms with Crippen molar-refractivity contribution in [2.75, 3.05) is 39.4 Å². The van der Waals surface area contributed by atoms with Gasteiger partial charge in [-0.3, -0.25) is 35.2 Å². The van der Waals surface area contributed by atoms with Crippen molar-refractivity contribution >= 4 is 97.5 Å². The Hall–Kier alpha value is -9.68. The van der Waals surface area contributed by atoms with Gasteiger partial charge in [0.05, 0.1) is 58.3 Å². The van der Waals surface area contributed by atoms with Crippen molar-refractivity contribution in [1.29, 1.82) is 0 Å². The number of nitrogens with zero attached hydrogens (tertiary/aromatic N) is 10. The van der Waals surface area contributed by atoms with E-state index in [9.17, 15) is 22.8 Å². The van der Waals surface area contributed by atoms with Gasteiger partial charge in [-0.25, -0.2) is 37.6 Å². The van der Waals surface area contributed by atoms with Crippen LogP contribution in [0.1, 0.15) is 178 Å². The van der Waals surface area contributed by atoms with E-state index in [-0.39, 0.29) is 28.7 Å². The van der Waals surface area contributed by atoms with Crippen molar-refractivity contribution in [3.63, 3.8) is 0 Å². The van der Waals surface area contributed by atoms with Gasteiger partial charge in [0, 0.05) is 82.7 Å². The Morgan fingerprint density at radius 3 is 1.20 bits per heavy atom. The summed E-state index contributed by atoms with van der Waals surface area (Å²) in [5, 5.41) is 28.9. The molecule has 3 amide bonds. The van der Waals surface area contributed by atoms with Crippen LogP contribution in [0.5, 0.6) is 0 Å². The van der Waals surface area contributed by atoms with Crippen molar-refractivity contribution in [3.8, 4) is 17.1 Å². The number of hydrazine groups is 2. The van der Waals surface area contributed by atoms with Crippen LogP contribution in [0.25, 0.3) is 52.0 Å². The Morgan fingerprint density at radius 1 is 0.448 bits per heavy atom. The average molecular weight is 1490 g/mol. The summed E-state index contributed by atoms with van der Waals surface area (Å²) >= 11 is 18.3. The molecule has 10 aromatic rings. The number of benzene rings is 5. The Morgan fingerprint density at radius 2 is 0.810 bits per heavy atom. The van der Waals surface area contributed by atoms with Crippen molar-refractivity contribution < 1.29 is 27.5 Å². The van der Waals surface area contributed by atoms with Gasteiger partial charge in [-0.1, -0.05) is 108 Å². The van der Waals surface area contributed by atoms with Gasteiger partial charge in [-0.05, 0) is 239 Å². The number of morpholine rings is 1. The first-order valence-electron chi connectivity index (χ1n) is 35.8. The molecule has 0 saturated carbocycles. The van der Waals surface area contributed by atoms with E-state index < -0.39 is 10.0 Å². The van der Waals surface area contributed by atoms with Crippen molar-refractivity contribution in [1.82, 2.24) is 65.5 Å². The van der Waals surface area contributed by atoms with Gasteiger partial charge >= 0.3 is 0 Å². The second-order valence-electron chi connectivity index (χ2n) is 26.6. The maximum atomic E-state index is 13.6. The van der Waals surface area contributed by atoms with E-state index in [4.69, 9.17) is 60.0 Å². The largest absolute Gasteiger partial charge is 0.379 e. The number of hydrogen-bond acceptors (Lipinski definition) is 13. The highest BCUT2D eigenvalue weighted by atomic mass is 35.5. The van der Waals surface area contributed by atoms with Crippen LogP contribution in [-0.2, 0) is 34.0 Å². The molecule has 15 rings (SSSR count). The topological polar surface area (TPSA) is 242 Å². The summed E-state index contributed by atoms with van der Waals surface area (Å²) in [6, 6.07) is 46.8. The molecule has 540 valence electrons. The molecule has 20 nitrogen and oxygen atoms in total. The minimum Gasteiger partial charge on any atom is -0.379 e. The molecule has 0 bridgehead atoms. The number of nitrogens with two attached hydrogens (primary N) is 1. The number of carbonyl (C=O) groups is 3. The molecule has 5 aliphatic rings. The Bertz CT molecular complexity index is 4720.